The Morgan fingerprint density at radius 2 is 1.91 bits per heavy atom. The predicted molar refractivity (Wildman–Crippen MR) is 133 cm³/mol. The van der Waals surface area contributed by atoms with Crippen molar-refractivity contribution in [3.63, 3.8) is 0 Å². The lowest BCUT2D eigenvalue weighted by molar-refractivity contribution is -0.147. The van der Waals surface area contributed by atoms with Gasteiger partial charge >= 0.3 is 5.97 Å². The van der Waals surface area contributed by atoms with Gasteiger partial charge in [-0.15, -0.1) is 35.5 Å². The van der Waals surface area contributed by atoms with E-state index in [9.17, 15) is 14.7 Å². The molecule has 4 rings (SSSR count). The van der Waals surface area contributed by atoms with E-state index >= 15 is 0 Å². The van der Waals surface area contributed by atoms with Crippen LogP contribution in [0.4, 0.5) is 5.69 Å². The van der Waals surface area contributed by atoms with E-state index < -0.39 is 12.1 Å². The van der Waals surface area contributed by atoms with Crippen LogP contribution in [0.15, 0.2) is 52.8 Å². The molecule has 0 aliphatic heterocycles. The summed E-state index contributed by atoms with van der Waals surface area (Å²) >= 11 is 8.58. The maximum Gasteiger partial charge on any atom is 0.337 e. The lowest BCUT2D eigenvalue weighted by Crippen LogP contribution is -2.15. The monoisotopic (exact) mass is 498 g/mol. The van der Waals surface area contributed by atoms with Crippen LogP contribution in [0.5, 0.6) is 0 Å². The molecule has 1 heterocycles. The zero-order valence-corrected chi connectivity index (χ0v) is 20.2. The van der Waals surface area contributed by atoms with Crippen molar-refractivity contribution in [3.05, 3.63) is 59.2 Å². The zero-order chi connectivity index (χ0) is 24.2. The molecule has 0 bridgehead atoms. The van der Waals surface area contributed by atoms with Crippen molar-refractivity contribution >= 4 is 42.8 Å². The van der Waals surface area contributed by atoms with Crippen molar-refractivity contribution in [1.29, 1.82) is 0 Å². The van der Waals surface area contributed by atoms with Gasteiger partial charge in [-0.25, -0.2) is 4.79 Å². The molecule has 3 aromatic rings. The van der Waals surface area contributed by atoms with Gasteiger partial charge in [0.2, 0.25) is 5.91 Å². The first kappa shape index (κ1) is 24.3. The SMILES string of the molecule is O=C(CCCC1CCCc2cc(C(O)C(=O)O)ccc21)Nc1cccc(-n2c(S)nnc2S)c1. The Hall–Kier alpha value is -2.82. The number of aliphatic hydroxyl groups excluding tert-OH is 1. The minimum Gasteiger partial charge on any atom is -0.479 e. The Bertz CT molecular complexity index is 1190. The maximum atomic E-state index is 12.6. The fourth-order valence-corrected chi connectivity index (χ4v) is 5.09. The minimum absolute atomic E-state index is 0.0611. The quantitative estimate of drug-likeness (QED) is 0.297. The predicted octanol–water partition coefficient (Wildman–Crippen LogP) is 4.19. The van der Waals surface area contributed by atoms with Crippen LogP contribution in [0.1, 0.15) is 60.8 Å². The van der Waals surface area contributed by atoms with Gasteiger partial charge in [0.05, 0.1) is 5.69 Å². The summed E-state index contributed by atoms with van der Waals surface area (Å²) in [5.41, 5.74) is 4.12. The number of carbonyl (C=O) groups excluding carboxylic acids is 1. The molecule has 10 heteroatoms. The average molecular weight is 499 g/mol. The molecule has 0 fully saturated rings. The Morgan fingerprint density at radius 3 is 2.65 bits per heavy atom. The van der Waals surface area contributed by atoms with Gasteiger partial charge in [0.1, 0.15) is 0 Å². The smallest absolute Gasteiger partial charge is 0.337 e. The highest BCUT2D eigenvalue weighted by Gasteiger charge is 2.23. The summed E-state index contributed by atoms with van der Waals surface area (Å²) in [6.45, 7) is 0. The summed E-state index contributed by atoms with van der Waals surface area (Å²) in [6, 6.07) is 12.8. The van der Waals surface area contributed by atoms with Crippen LogP contribution in [-0.4, -0.2) is 36.9 Å². The Kier molecular flexibility index (Phi) is 7.60. The van der Waals surface area contributed by atoms with Crippen LogP contribution in [0.25, 0.3) is 5.69 Å². The van der Waals surface area contributed by atoms with E-state index in [2.05, 4.69) is 40.8 Å². The van der Waals surface area contributed by atoms with Gasteiger partial charge in [-0.3, -0.25) is 9.36 Å². The van der Waals surface area contributed by atoms with Gasteiger partial charge in [0.15, 0.2) is 16.4 Å². The second-order valence-electron chi connectivity index (χ2n) is 8.41. The van der Waals surface area contributed by atoms with Crippen LogP contribution >= 0.6 is 25.3 Å². The third-order valence-corrected chi connectivity index (χ3v) is 6.71. The minimum atomic E-state index is -1.50. The Balaban J connectivity index is 1.34. The average Bonchev–Trinajstić information content (AvgIpc) is 3.16. The standard InChI is InChI=1S/C24H26N4O4S2/c29-20(25-17-7-3-8-18(13-17)28-23(33)26-27-24(28)34)9-2-5-14-4-1-6-15-12-16(10-11-19(14)15)21(30)22(31)32/h3,7-8,10-14,21,30H,1-2,4-6,9H2,(H,25,29)(H,26,33)(H,27,34)(H,31,32). The van der Waals surface area contributed by atoms with E-state index in [4.69, 9.17) is 5.11 Å². The van der Waals surface area contributed by atoms with E-state index in [1.807, 2.05) is 36.4 Å². The number of fused-ring (bicyclic) bond motifs is 1. The molecule has 3 N–H and O–H groups in total. The van der Waals surface area contributed by atoms with Crippen molar-refractivity contribution in [2.75, 3.05) is 5.32 Å². The number of rotatable bonds is 8. The number of nitrogens with zero attached hydrogens (tertiary/aromatic N) is 3. The van der Waals surface area contributed by atoms with E-state index in [0.29, 0.717) is 33.9 Å². The van der Waals surface area contributed by atoms with Crippen LogP contribution in [0.3, 0.4) is 0 Å². The molecule has 0 radical (unpaired) electrons. The molecule has 0 saturated carbocycles. The normalized spacial score (nSPS) is 16.0. The number of hydrogen-bond acceptors (Lipinski definition) is 7. The van der Waals surface area contributed by atoms with Crippen molar-refractivity contribution in [3.8, 4) is 5.69 Å². The van der Waals surface area contributed by atoms with Gasteiger partial charge in [0, 0.05) is 12.1 Å². The van der Waals surface area contributed by atoms with Crippen LogP contribution in [-0.2, 0) is 16.0 Å². The molecular formula is C24H26N4O4S2. The summed E-state index contributed by atoms with van der Waals surface area (Å²) in [6.07, 6.45) is 3.42. The number of hydrogen-bond donors (Lipinski definition) is 5. The molecule has 1 aliphatic rings. The highest BCUT2D eigenvalue weighted by Crippen LogP contribution is 2.36. The van der Waals surface area contributed by atoms with Crippen molar-refractivity contribution in [2.45, 2.75) is 60.9 Å². The summed E-state index contributed by atoms with van der Waals surface area (Å²) in [5.74, 6) is -0.982. The van der Waals surface area contributed by atoms with Gasteiger partial charge in [-0.05, 0) is 72.9 Å². The fraction of sp³-hybridized carbons (Fsp3) is 0.333. The number of nitrogens with one attached hydrogen (secondary N) is 1. The van der Waals surface area contributed by atoms with Crippen molar-refractivity contribution < 1.29 is 19.8 Å². The van der Waals surface area contributed by atoms with E-state index in [1.54, 1.807) is 10.6 Å². The van der Waals surface area contributed by atoms with Gasteiger partial charge in [-0.2, -0.15) is 0 Å². The number of anilines is 1. The first-order chi connectivity index (χ1) is 16.3. The number of amides is 1. The van der Waals surface area contributed by atoms with Crippen molar-refractivity contribution in [2.24, 2.45) is 0 Å². The van der Waals surface area contributed by atoms with Crippen LogP contribution in [0.2, 0.25) is 0 Å². The topological polar surface area (TPSA) is 117 Å². The summed E-state index contributed by atoms with van der Waals surface area (Å²) in [4.78, 5) is 23.6. The molecule has 0 saturated heterocycles. The highest BCUT2D eigenvalue weighted by atomic mass is 32.1. The number of aliphatic carboxylic acids is 1. The first-order valence-electron chi connectivity index (χ1n) is 11.1. The number of carboxylic acids is 1. The molecule has 1 amide bonds. The maximum absolute atomic E-state index is 12.6. The lowest BCUT2D eigenvalue weighted by atomic mass is 9.79. The first-order valence-corrected chi connectivity index (χ1v) is 12.0. The number of thiol groups is 2. The number of carbonyl (C=O) groups is 2. The molecule has 2 atom stereocenters. The summed E-state index contributed by atoms with van der Waals surface area (Å²) in [7, 11) is 0. The molecule has 2 unspecified atom stereocenters. The number of aromatic nitrogens is 3. The summed E-state index contributed by atoms with van der Waals surface area (Å²) < 4.78 is 1.67. The van der Waals surface area contributed by atoms with E-state index in [0.717, 1.165) is 43.4 Å². The second-order valence-corrected chi connectivity index (χ2v) is 9.21. The molecule has 178 valence electrons. The molecular weight excluding hydrogens is 472 g/mol. The second kappa shape index (κ2) is 10.6. The molecule has 0 spiro atoms. The van der Waals surface area contributed by atoms with Crippen molar-refractivity contribution in [1.82, 2.24) is 14.8 Å². The largest absolute Gasteiger partial charge is 0.479 e. The molecule has 2 aromatic carbocycles. The van der Waals surface area contributed by atoms with Gasteiger partial charge < -0.3 is 15.5 Å². The van der Waals surface area contributed by atoms with Gasteiger partial charge in [-0.1, -0.05) is 24.3 Å². The molecule has 1 aromatic heterocycles. The number of aryl methyl sites for hydroxylation is 1. The molecule has 8 nitrogen and oxygen atoms in total. The highest BCUT2D eigenvalue weighted by molar-refractivity contribution is 7.80. The molecule has 34 heavy (non-hydrogen) atoms. The van der Waals surface area contributed by atoms with E-state index in [-0.39, 0.29) is 5.91 Å². The number of carboxylic acid groups (broad SMARTS) is 1. The fourth-order valence-electron chi connectivity index (χ4n) is 4.50. The molecule has 1 aliphatic carbocycles. The number of benzene rings is 2. The number of aliphatic hydroxyl groups is 1. The van der Waals surface area contributed by atoms with E-state index in [1.165, 1.54) is 5.56 Å². The zero-order valence-electron chi connectivity index (χ0n) is 18.4. The lowest BCUT2D eigenvalue weighted by Gasteiger charge is -2.26. The third kappa shape index (κ3) is 5.45. The Labute approximate surface area is 208 Å². The third-order valence-electron chi connectivity index (χ3n) is 6.13. The van der Waals surface area contributed by atoms with Crippen LogP contribution in [0, 0.1) is 0 Å². The van der Waals surface area contributed by atoms with Crippen LogP contribution < -0.4 is 5.32 Å². The summed E-state index contributed by atoms with van der Waals surface area (Å²) in [5, 5.41) is 30.4. The Morgan fingerprint density at radius 1 is 1.15 bits per heavy atom. The van der Waals surface area contributed by atoms with Gasteiger partial charge in [0.25, 0.3) is 0 Å².